The maximum atomic E-state index is 12.5. The molecule has 0 saturated carbocycles. The van der Waals surface area contributed by atoms with E-state index in [0.717, 1.165) is 0 Å². The van der Waals surface area contributed by atoms with Crippen LogP contribution in [-0.4, -0.2) is 38.6 Å². The Morgan fingerprint density at radius 2 is 1.68 bits per heavy atom. The summed E-state index contributed by atoms with van der Waals surface area (Å²) in [5.41, 5.74) is 16.3. The molecule has 7 nitrogen and oxygen atoms in total. The third-order valence-corrected chi connectivity index (χ3v) is 5.07. The summed E-state index contributed by atoms with van der Waals surface area (Å²) in [4.78, 5) is 24.8. The summed E-state index contributed by atoms with van der Waals surface area (Å²) < 4.78 is 25.0. The van der Waals surface area contributed by atoms with E-state index >= 15 is 0 Å². The van der Waals surface area contributed by atoms with E-state index in [0.29, 0.717) is 31.2 Å². The fourth-order valence-electron chi connectivity index (χ4n) is 2.16. The molecule has 1 aromatic carbocycles. The van der Waals surface area contributed by atoms with Crippen LogP contribution in [0.1, 0.15) is 26.2 Å². The summed E-state index contributed by atoms with van der Waals surface area (Å²) >= 11 is 0. The van der Waals surface area contributed by atoms with Gasteiger partial charge in [-0.2, -0.15) is 0 Å². The summed E-state index contributed by atoms with van der Waals surface area (Å²) in [6.07, 6.45) is 1.60. The van der Waals surface area contributed by atoms with Gasteiger partial charge in [-0.15, -0.1) is 0 Å². The van der Waals surface area contributed by atoms with Crippen LogP contribution in [0.2, 0.25) is 0 Å². The molecule has 0 spiro atoms. The molecule has 0 aliphatic heterocycles. The minimum absolute atomic E-state index is 0.0190. The number of benzene rings is 1. The Bertz CT molecular complexity index is 728. The number of hydrogen-bond donors (Lipinski definition) is 3. The van der Waals surface area contributed by atoms with Crippen molar-refractivity contribution < 1.29 is 18.0 Å². The van der Waals surface area contributed by atoms with Crippen LogP contribution in [0, 0.1) is 0 Å². The van der Waals surface area contributed by atoms with Gasteiger partial charge in [0.25, 0.3) is 0 Å². The van der Waals surface area contributed by atoms with Crippen LogP contribution in [0.4, 0.5) is 0 Å². The second-order valence-corrected chi connectivity index (χ2v) is 7.59. The lowest BCUT2D eigenvalue weighted by molar-refractivity contribution is -0.122. The molecule has 0 heterocycles. The van der Waals surface area contributed by atoms with Gasteiger partial charge in [0, 0.05) is 0 Å². The molecule has 1 rings (SSSR count). The van der Waals surface area contributed by atoms with Crippen molar-refractivity contribution in [3.8, 4) is 0 Å². The van der Waals surface area contributed by atoms with Crippen molar-refractivity contribution in [2.75, 3.05) is 6.54 Å². The number of hydrogen-bond acceptors (Lipinski definition) is 7. The Hall–Kier alpha value is -1.87. The normalized spacial score (nSPS) is 14.8. The number of Topliss-reactive ketones (excluding diaryl/α,β-unsaturated/α-hetero) is 2. The first-order valence-electron chi connectivity index (χ1n) is 8.02. The maximum Gasteiger partial charge on any atom is 0.200 e. The lowest BCUT2D eigenvalue weighted by Gasteiger charge is -2.14. The molecule has 138 valence electrons. The summed E-state index contributed by atoms with van der Waals surface area (Å²) in [5.74, 6) is -1.47. The van der Waals surface area contributed by atoms with Gasteiger partial charge in [0.05, 0.1) is 28.0 Å². The largest absolute Gasteiger partial charge is 0.330 e. The molecular formula is C17H25N3O4S. The molecule has 6 N–H and O–H groups in total. The monoisotopic (exact) mass is 367 g/mol. The first kappa shape index (κ1) is 21.2. The highest BCUT2D eigenvalue weighted by Gasteiger charge is 2.28. The number of rotatable bonds is 10. The average molecular weight is 367 g/mol. The molecule has 0 bridgehead atoms. The van der Waals surface area contributed by atoms with Crippen molar-refractivity contribution in [1.29, 1.82) is 0 Å². The highest BCUT2D eigenvalue weighted by molar-refractivity contribution is 7.94. The van der Waals surface area contributed by atoms with Gasteiger partial charge in [-0.25, -0.2) is 8.42 Å². The van der Waals surface area contributed by atoms with Crippen molar-refractivity contribution >= 4 is 21.4 Å². The summed E-state index contributed by atoms with van der Waals surface area (Å²) in [5, 5.41) is 0.680. The molecule has 0 aromatic heterocycles. The second kappa shape index (κ2) is 9.57. The molecule has 0 saturated heterocycles. The molecule has 8 heteroatoms. The van der Waals surface area contributed by atoms with Gasteiger partial charge in [-0.3, -0.25) is 9.59 Å². The number of unbranched alkanes of at least 4 members (excludes halogenated alkanes) is 1. The van der Waals surface area contributed by atoms with Crippen LogP contribution in [0.25, 0.3) is 0 Å². The van der Waals surface area contributed by atoms with E-state index in [1.165, 1.54) is 19.1 Å². The van der Waals surface area contributed by atoms with Crippen molar-refractivity contribution in [3.05, 3.63) is 41.3 Å². The van der Waals surface area contributed by atoms with Crippen LogP contribution in [0.5, 0.6) is 0 Å². The van der Waals surface area contributed by atoms with Crippen LogP contribution < -0.4 is 17.2 Å². The predicted octanol–water partition coefficient (Wildman–Crippen LogP) is 0.286. The molecule has 0 unspecified atom stereocenters. The van der Waals surface area contributed by atoms with Crippen molar-refractivity contribution in [3.63, 3.8) is 0 Å². The van der Waals surface area contributed by atoms with Gasteiger partial charge in [-0.1, -0.05) is 24.6 Å². The molecule has 0 aliphatic rings. The van der Waals surface area contributed by atoms with Gasteiger partial charge in [0.2, 0.25) is 9.84 Å². The molecule has 0 amide bonds. The zero-order valence-electron chi connectivity index (χ0n) is 14.2. The standard InChI is InChI=1S/C17H25N3O4S/c1-12(19)16(21)14(17(22)15(20)9-5-6-10-18)11-25(23,24)13-7-3-2-4-8-13/h2-4,7-8,11-12,15H,5-6,9-10,18-20H2,1H3/t12-,15-/m0/s1. The number of carbonyl (C=O) groups excluding carboxylic acids is 2. The SMILES string of the molecule is C[C@H](N)C(=O)C(=CS(=O)(=O)c1ccccc1)C(=O)[C@@H](N)CCCCN. The third kappa shape index (κ3) is 6.17. The van der Waals surface area contributed by atoms with E-state index in [9.17, 15) is 18.0 Å². The van der Waals surface area contributed by atoms with Gasteiger partial charge >= 0.3 is 0 Å². The highest BCUT2D eigenvalue weighted by Crippen LogP contribution is 2.17. The van der Waals surface area contributed by atoms with E-state index in [-0.39, 0.29) is 4.90 Å². The summed E-state index contributed by atoms with van der Waals surface area (Å²) in [7, 11) is -3.98. The van der Waals surface area contributed by atoms with Crippen molar-refractivity contribution in [1.82, 2.24) is 0 Å². The topological polar surface area (TPSA) is 146 Å². The minimum Gasteiger partial charge on any atom is -0.330 e. The number of carbonyl (C=O) groups is 2. The molecular weight excluding hydrogens is 342 g/mol. The Morgan fingerprint density at radius 1 is 1.08 bits per heavy atom. The van der Waals surface area contributed by atoms with E-state index in [2.05, 4.69) is 0 Å². The molecule has 1 aromatic rings. The average Bonchev–Trinajstić information content (AvgIpc) is 2.59. The van der Waals surface area contributed by atoms with Crippen LogP contribution in [0.3, 0.4) is 0 Å². The quantitative estimate of drug-likeness (QED) is 0.233. The van der Waals surface area contributed by atoms with E-state index in [4.69, 9.17) is 17.2 Å². The van der Waals surface area contributed by atoms with Crippen LogP contribution in [-0.2, 0) is 19.4 Å². The zero-order chi connectivity index (χ0) is 19.0. The van der Waals surface area contributed by atoms with Crippen molar-refractivity contribution in [2.24, 2.45) is 17.2 Å². The first-order chi connectivity index (χ1) is 11.7. The van der Waals surface area contributed by atoms with Crippen LogP contribution in [0.15, 0.2) is 46.2 Å². The number of ketones is 2. The highest BCUT2D eigenvalue weighted by atomic mass is 32.2. The smallest absolute Gasteiger partial charge is 0.200 e. The second-order valence-electron chi connectivity index (χ2n) is 5.80. The van der Waals surface area contributed by atoms with E-state index in [1.54, 1.807) is 18.2 Å². The first-order valence-corrected chi connectivity index (χ1v) is 9.56. The number of sulfone groups is 1. The van der Waals surface area contributed by atoms with Gasteiger partial charge in [0.15, 0.2) is 11.6 Å². The third-order valence-electron chi connectivity index (χ3n) is 3.60. The Morgan fingerprint density at radius 3 is 2.20 bits per heavy atom. The van der Waals surface area contributed by atoms with Gasteiger partial charge in [-0.05, 0) is 38.4 Å². The maximum absolute atomic E-state index is 12.5. The van der Waals surface area contributed by atoms with E-state index in [1.807, 2.05) is 0 Å². The molecule has 0 aliphatic carbocycles. The molecule has 25 heavy (non-hydrogen) atoms. The Labute approximate surface area is 148 Å². The van der Waals surface area contributed by atoms with Gasteiger partial charge < -0.3 is 17.2 Å². The molecule has 0 fully saturated rings. The Kier molecular flexibility index (Phi) is 8.11. The number of nitrogens with two attached hydrogens (primary N) is 3. The fourth-order valence-corrected chi connectivity index (χ4v) is 3.37. The molecule has 0 radical (unpaired) electrons. The summed E-state index contributed by atoms with van der Waals surface area (Å²) in [6, 6.07) is 5.53. The molecule has 2 atom stereocenters. The van der Waals surface area contributed by atoms with Gasteiger partial charge in [0.1, 0.15) is 0 Å². The van der Waals surface area contributed by atoms with E-state index < -0.39 is 39.1 Å². The predicted molar refractivity (Wildman–Crippen MR) is 96.3 cm³/mol. The lowest BCUT2D eigenvalue weighted by atomic mass is 9.96. The minimum atomic E-state index is -3.98. The fraction of sp³-hybridized carbons (Fsp3) is 0.412. The van der Waals surface area contributed by atoms with Crippen LogP contribution >= 0.6 is 0 Å². The lowest BCUT2D eigenvalue weighted by Crippen LogP contribution is -2.38. The summed E-state index contributed by atoms with van der Waals surface area (Å²) in [6.45, 7) is 1.85. The Balaban J connectivity index is 3.21. The van der Waals surface area contributed by atoms with Crippen molar-refractivity contribution in [2.45, 2.75) is 43.2 Å². The zero-order valence-corrected chi connectivity index (χ0v) is 15.0.